The minimum absolute atomic E-state index is 0.663. The van der Waals surface area contributed by atoms with Crippen molar-refractivity contribution in [3.05, 3.63) is 167 Å². The predicted molar refractivity (Wildman–Crippen MR) is 242 cm³/mol. The van der Waals surface area contributed by atoms with Crippen LogP contribution in [0.5, 0.6) is 0 Å². The third-order valence-corrected chi connectivity index (χ3v) is 12.5. The Kier molecular flexibility index (Phi) is 6.90. The van der Waals surface area contributed by atoms with E-state index >= 15 is 0 Å². The molecule has 0 amide bonds. The van der Waals surface area contributed by atoms with E-state index in [2.05, 4.69) is 156 Å². The monoisotopic (exact) mass is 757 g/mol. The second kappa shape index (κ2) is 12.5. The standard InChI is InChI=1S/C54H35N3O2/c1-2-12-36-32(11-1)27-30-47-50(36)44-31-35(38-17-10-19-42-40-14-5-8-22-49(40)59-53(38)42)28-29-46(44)57(47)54-55-45-20-6-3-15-43(45)51(56-54)34-25-23-33(24-26-34)37-16-9-18-41-39-13-4-7-21-48(39)58-52(37)41/h1-2,5,7-12,14-31H,3-4,6,13H2. The van der Waals surface area contributed by atoms with E-state index in [9.17, 15) is 0 Å². The van der Waals surface area contributed by atoms with Gasteiger partial charge in [-0.05, 0) is 77.9 Å². The minimum Gasteiger partial charge on any atom is -0.456 e. The molecule has 5 heteroatoms. The number of furan rings is 2. The molecule has 0 fully saturated rings. The van der Waals surface area contributed by atoms with Crippen molar-refractivity contribution in [2.45, 2.75) is 25.7 Å². The number of nitrogens with zero attached hydrogens (tertiary/aromatic N) is 3. The smallest absolute Gasteiger partial charge is 0.235 e. The third kappa shape index (κ3) is 4.85. The molecule has 0 saturated carbocycles. The highest BCUT2D eigenvalue weighted by molar-refractivity contribution is 6.22. The number of aryl methyl sites for hydroxylation is 1. The van der Waals surface area contributed by atoms with Gasteiger partial charge in [-0.2, -0.15) is 0 Å². The van der Waals surface area contributed by atoms with Crippen molar-refractivity contribution in [1.29, 1.82) is 0 Å². The van der Waals surface area contributed by atoms with Crippen LogP contribution < -0.4 is 10.6 Å². The van der Waals surface area contributed by atoms with Crippen LogP contribution in [0.4, 0.5) is 0 Å². The van der Waals surface area contributed by atoms with E-state index < -0.39 is 0 Å². The van der Waals surface area contributed by atoms with Crippen molar-refractivity contribution < 1.29 is 8.83 Å². The number of rotatable bonds is 4. The average molecular weight is 758 g/mol. The summed E-state index contributed by atoms with van der Waals surface area (Å²) in [5.74, 6) is 1.65. The van der Waals surface area contributed by atoms with E-state index in [1.54, 1.807) is 0 Å². The van der Waals surface area contributed by atoms with Gasteiger partial charge in [-0.1, -0.05) is 133 Å². The summed E-state index contributed by atoms with van der Waals surface area (Å²) in [6.07, 6.45) is 12.9. The Balaban J connectivity index is 1.01. The van der Waals surface area contributed by atoms with Gasteiger partial charge >= 0.3 is 0 Å². The van der Waals surface area contributed by atoms with E-state index in [0.29, 0.717) is 5.95 Å². The molecule has 2 aliphatic rings. The van der Waals surface area contributed by atoms with Crippen LogP contribution in [0.1, 0.15) is 30.6 Å². The Hall–Kier alpha value is -7.50. The Labute approximate surface area is 338 Å². The SMILES string of the molecule is C1=Cc2oc3c(-c4ccc(-c5nc(-n6c7ccc(-c8cccc9c8oc8ccccc89)cc7c7c8ccccc8ccc76)nc6c5=CCCC=6)cc4)cccc3c2CC1. The number of hydrogen-bond donors (Lipinski definition) is 0. The molecule has 0 bridgehead atoms. The molecular formula is C54H35N3O2. The van der Waals surface area contributed by atoms with Gasteiger partial charge in [0, 0.05) is 54.4 Å². The molecule has 0 saturated heterocycles. The van der Waals surface area contributed by atoms with Gasteiger partial charge in [0.25, 0.3) is 0 Å². The fourth-order valence-electron chi connectivity index (χ4n) is 9.78. The second-order valence-electron chi connectivity index (χ2n) is 15.8. The van der Waals surface area contributed by atoms with Crippen molar-refractivity contribution in [2.24, 2.45) is 0 Å². The molecule has 0 aliphatic heterocycles. The number of aromatic nitrogens is 3. The summed E-state index contributed by atoms with van der Waals surface area (Å²) in [4.78, 5) is 10.8. The summed E-state index contributed by atoms with van der Waals surface area (Å²) >= 11 is 0. The molecule has 59 heavy (non-hydrogen) atoms. The maximum absolute atomic E-state index is 6.52. The minimum atomic E-state index is 0.663. The lowest BCUT2D eigenvalue weighted by molar-refractivity contribution is 0.596. The number of para-hydroxylation sites is 3. The molecule has 7 aromatic carbocycles. The molecule has 0 radical (unpaired) electrons. The fourth-order valence-corrected chi connectivity index (χ4v) is 9.78. The van der Waals surface area contributed by atoms with E-state index in [1.165, 1.54) is 27.1 Å². The van der Waals surface area contributed by atoms with Crippen LogP contribution in [0.15, 0.2) is 154 Å². The van der Waals surface area contributed by atoms with Crippen molar-refractivity contribution in [3.63, 3.8) is 0 Å². The van der Waals surface area contributed by atoms with Gasteiger partial charge in [0.05, 0.1) is 22.1 Å². The second-order valence-corrected chi connectivity index (χ2v) is 15.8. The third-order valence-electron chi connectivity index (χ3n) is 12.5. The number of hydrogen-bond acceptors (Lipinski definition) is 4. The van der Waals surface area contributed by atoms with Gasteiger partial charge in [-0.25, -0.2) is 9.97 Å². The van der Waals surface area contributed by atoms with Crippen molar-refractivity contribution in [1.82, 2.24) is 14.5 Å². The summed E-state index contributed by atoms with van der Waals surface area (Å²) < 4.78 is 15.2. The molecule has 278 valence electrons. The predicted octanol–water partition coefficient (Wildman–Crippen LogP) is 12.7. The molecule has 0 N–H and O–H groups in total. The first kappa shape index (κ1) is 32.6. The van der Waals surface area contributed by atoms with Crippen LogP contribution in [-0.4, -0.2) is 14.5 Å². The summed E-state index contributed by atoms with van der Waals surface area (Å²) in [5.41, 5.74) is 12.6. The van der Waals surface area contributed by atoms with Crippen LogP contribution in [0, 0.1) is 0 Å². The Morgan fingerprint density at radius 2 is 1.25 bits per heavy atom. The lowest BCUT2D eigenvalue weighted by Crippen LogP contribution is -2.34. The molecule has 2 aliphatic carbocycles. The highest BCUT2D eigenvalue weighted by Crippen LogP contribution is 2.42. The topological polar surface area (TPSA) is 57.0 Å². The van der Waals surface area contributed by atoms with Crippen molar-refractivity contribution in [3.8, 4) is 39.5 Å². The zero-order valence-electron chi connectivity index (χ0n) is 32.1. The van der Waals surface area contributed by atoms with Gasteiger partial charge in [0.1, 0.15) is 22.5 Å². The van der Waals surface area contributed by atoms with Crippen LogP contribution in [0.25, 0.3) is 123 Å². The Morgan fingerprint density at radius 3 is 2.17 bits per heavy atom. The first-order valence-electron chi connectivity index (χ1n) is 20.5. The highest BCUT2D eigenvalue weighted by Gasteiger charge is 2.22. The van der Waals surface area contributed by atoms with Gasteiger partial charge < -0.3 is 8.83 Å². The highest BCUT2D eigenvalue weighted by atomic mass is 16.3. The largest absolute Gasteiger partial charge is 0.456 e. The van der Waals surface area contributed by atoms with Gasteiger partial charge in [0.2, 0.25) is 5.95 Å². The first-order chi connectivity index (χ1) is 29.2. The van der Waals surface area contributed by atoms with Crippen molar-refractivity contribution >= 4 is 83.7 Å². The van der Waals surface area contributed by atoms with E-state index in [-0.39, 0.29) is 0 Å². The zero-order chi connectivity index (χ0) is 38.6. The summed E-state index contributed by atoms with van der Waals surface area (Å²) in [6, 6.07) is 49.9. The van der Waals surface area contributed by atoms with E-state index in [1.807, 2.05) is 12.1 Å². The maximum Gasteiger partial charge on any atom is 0.235 e. The molecule has 5 nitrogen and oxygen atoms in total. The van der Waals surface area contributed by atoms with Gasteiger partial charge in [0.15, 0.2) is 0 Å². The van der Waals surface area contributed by atoms with Crippen molar-refractivity contribution in [2.75, 3.05) is 0 Å². The van der Waals surface area contributed by atoms with Crippen LogP contribution in [-0.2, 0) is 6.42 Å². The normalized spacial score (nSPS) is 13.7. The quantitative estimate of drug-likeness (QED) is 0.179. The number of benzene rings is 7. The molecule has 13 rings (SSSR count). The summed E-state index contributed by atoms with van der Waals surface area (Å²) in [6.45, 7) is 0. The molecule has 0 atom stereocenters. The fraction of sp³-hybridized carbons (Fsp3) is 0.0741. The van der Waals surface area contributed by atoms with Crippen LogP contribution in [0.2, 0.25) is 0 Å². The van der Waals surface area contributed by atoms with Crippen LogP contribution >= 0.6 is 0 Å². The van der Waals surface area contributed by atoms with Gasteiger partial charge in [-0.3, -0.25) is 4.57 Å². The van der Waals surface area contributed by atoms with E-state index in [4.69, 9.17) is 18.8 Å². The summed E-state index contributed by atoms with van der Waals surface area (Å²) in [5, 5.41) is 10.3. The zero-order valence-corrected chi connectivity index (χ0v) is 32.1. The number of fused-ring (bicyclic) bond motifs is 12. The molecule has 11 aromatic rings. The molecular weight excluding hydrogens is 723 g/mol. The average Bonchev–Trinajstić information content (AvgIpc) is 3.98. The number of allylic oxidation sites excluding steroid dienone is 1. The van der Waals surface area contributed by atoms with Crippen LogP contribution in [0.3, 0.4) is 0 Å². The maximum atomic E-state index is 6.52. The van der Waals surface area contributed by atoms with Gasteiger partial charge in [-0.15, -0.1) is 0 Å². The Morgan fingerprint density at radius 1 is 0.525 bits per heavy atom. The van der Waals surface area contributed by atoms with E-state index in [0.717, 1.165) is 119 Å². The lowest BCUT2D eigenvalue weighted by atomic mass is 9.97. The molecule has 0 spiro atoms. The first-order valence-corrected chi connectivity index (χ1v) is 20.5. The lowest BCUT2D eigenvalue weighted by Gasteiger charge is -2.13. The molecule has 4 aromatic heterocycles. The molecule has 0 unspecified atom stereocenters. The summed E-state index contributed by atoms with van der Waals surface area (Å²) in [7, 11) is 0. The Bertz CT molecular complexity index is 3730. The molecule has 4 heterocycles.